The molecule has 0 fully saturated rings. The molecule has 20 heavy (non-hydrogen) atoms. The minimum absolute atomic E-state index is 0.0239. The molecule has 3 N–H and O–H groups in total. The molecule has 0 aliphatic heterocycles. The first-order valence-corrected chi connectivity index (χ1v) is 6.13. The molecule has 104 valence electrons. The minimum Gasteiger partial charge on any atom is -0.385 e. The van der Waals surface area contributed by atoms with Gasteiger partial charge in [0.2, 0.25) is 5.91 Å². The monoisotopic (exact) mass is 274 g/mol. The number of primary amides is 1. The van der Waals surface area contributed by atoms with Gasteiger partial charge in [-0.2, -0.15) is 0 Å². The summed E-state index contributed by atoms with van der Waals surface area (Å²) in [6.45, 7) is 0.568. The first-order chi connectivity index (χ1) is 9.59. The van der Waals surface area contributed by atoms with Gasteiger partial charge in [-0.15, -0.1) is 0 Å². The molecule has 0 radical (unpaired) electrons. The summed E-state index contributed by atoms with van der Waals surface area (Å²) >= 11 is 0. The van der Waals surface area contributed by atoms with Gasteiger partial charge >= 0.3 is 0 Å². The zero-order valence-electron chi connectivity index (χ0n) is 10.7. The van der Waals surface area contributed by atoms with Gasteiger partial charge in [-0.3, -0.25) is 19.9 Å². The van der Waals surface area contributed by atoms with Crippen molar-refractivity contribution in [3.63, 3.8) is 0 Å². The highest BCUT2D eigenvalue weighted by Crippen LogP contribution is 2.30. The summed E-state index contributed by atoms with van der Waals surface area (Å²) < 4.78 is 0. The van der Waals surface area contributed by atoms with E-state index in [1.54, 1.807) is 18.3 Å². The Bertz CT molecular complexity index is 657. The number of aromatic nitrogens is 1. The molecule has 1 aromatic heterocycles. The molecule has 0 aliphatic rings. The second kappa shape index (κ2) is 5.96. The van der Waals surface area contributed by atoms with E-state index in [4.69, 9.17) is 5.73 Å². The predicted molar refractivity (Wildman–Crippen MR) is 75.3 cm³/mol. The van der Waals surface area contributed by atoms with Crippen LogP contribution in [0.25, 0.3) is 10.8 Å². The van der Waals surface area contributed by atoms with Crippen LogP contribution < -0.4 is 11.1 Å². The summed E-state index contributed by atoms with van der Waals surface area (Å²) in [6, 6.07) is 4.82. The number of nitrogens with zero attached hydrogens (tertiary/aromatic N) is 2. The van der Waals surface area contributed by atoms with Crippen LogP contribution in [-0.4, -0.2) is 22.4 Å². The van der Waals surface area contributed by atoms with Crippen molar-refractivity contribution in [2.24, 2.45) is 5.73 Å². The Morgan fingerprint density at radius 3 is 2.85 bits per heavy atom. The van der Waals surface area contributed by atoms with E-state index in [1.165, 1.54) is 12.3 Å². The molecule has 2 rings (SSSR count). The molecule has 1 heterocycles. The van der Waals surface area contributed by atoms with E-state index in [9.17, 15) is 14.9 Å². The zero-order valence-corrected chi connectivity index (χ0v) is 10.7. The number of nitrogens with one attached hydrogen (secondary N) is 1. The topological polar surface area (TPSA) is 111 Å². The van der Waals surface area contributed by atoms with E-state index in [0.29, 0.717) is 24.8 Å². The maximum absolute atomic E-state index is 11.0. The van der Waals surface area contributed by atoms with Gasteiger partial charge in [-0.1, -0.05) is 0 Å². The van der Waals surface area contributed by atoms with Gasteiger partial charge in [0, 0.05) is 42.5 Å². The Morgan fingerprint density at radius 2 is 2.15 bits per heavy atom. The highest BCUT2D eigenvalue weighted by molar-refractivity contribution is 5.99. The highest BCUT2D eigenvalue weighted by atomic mass is 16.6. The Kier molecular flexibility index (Phi) is 4.09. The number of rotatable bonds is 6. The second-order valence-corrected chi connectivity index (χ2v) is 4.31. The summed E-state index contributed by atoms with van der Waals surface area (Å²) in [5.41, 5.74) is 5.86. The number of nitro benzene ring substituents is 1. The number of nitro groups is 1. The number of carbonyl (C=O) groups excluding carboxylic acids is 1. The molecule has 1 aromatic carbocycles. The van der Waals surface area contributed by atoms with E-state index in [2.05, 4.69) is 10.3 Å². The number of nitrogens with two attached hydrogens (primary N) is 1. The molecule has 0 saturated heterocycles. The van der Waals surface area contributed by atoms with Gasteiger partial charge < -0.3 is 11.1 Å². The summed E-state index contributed by atoms with van der Waals surface area (Å²) in [5, 5.41) is 15.3. The van der Waals surface area contributed by atoms with Crippen LogP contribution in [0.15, 0.2) is 30.6 Å². The van der Waals surface area contributed by atoms with Crippen LogP contribution in [0.5, 0.6) is 0 Å². The third kappa shape index (κ3) is 3.00. The molecular weight excluding hydrogens is 260 g/mol. The lowest BCUT2D eigenvalue weighted by atomic mass is 10.1. The van der Waals surface area contributed by atoms with Gasteiger partial charge in [0.05, 0.1) is 10.3 Å². The number of amides is 1. The van der Waals surface area contributed by atoms with E-state index in [0.717, 1.165) is 11.1 Å². The Labute approximate surface area is 114 Å². The van der Waals surface area contributed by atoms with Crippen molar-refractivity contribution in [1.29, 1.82) is 0 Å². The van der Waals surface area contributed by atoms with Crippen LogP contribution in [0.3, 0.4) is 0 Å². The van der Waals surface area contributed by atoms with Crippen molar-refractivity contribution in [3.05, 3.63) is 40.7 Å². The van der Waals surface area contributed by atoms with Crippen LogP contribution in [0.4, 0.5) is 11.4 Å². The number of anilines is 1. The van der Waals surface area contributed by atoms with Gasteiger partial charge in [-0.25, -0.2) is 0 Å². The highest BCUT2D eigenvalue weighted by Gasteiger charge is 2.13. The molecule has 0 atom stereocenters. The lowest BCUT2D eigenvalue weighted by molar-refractivity contribution is -0.383. The molecule has 0 aliphatic carbocycles. The molecule has 0 bridgehead atoms. The Balaban J connectivity index is 2.24. The number of carbonyl (C=O) groups is 1. The number of hydrogen-bond acceptors (Lipinski definition) is 5. The Hall–Kier alpha value is -2.70. The fourth-order valence-electron chi connectivity index (χ4n) is 1.97. The first kappa shape index (κ1) is 13.7. The van der Waals surface area contributed by atoms with Crippen LogP contribution >= 0.6 is 0 Å². The van der Waals surface area contributed by atoms with Crippen molar-refractivity contribution >= 4 is 28.1 Å². The van der Waals surface area contributed by atoms with Gasteiger partial charge in [0.1, 0.15) is 0 Å². The lowest BCUT2D eigenvalue weighted by Crippen LogP contribution is -2.12. The van der Waals surface area contributed by atoms with E-state index in [1.807, 2.05) is 0 Å². The molecule has 7 heteroatoms. The smallest absolute Gasteiger partial charge is 0.278 e. The molecule has 1 amide bonds. The van der Waals surface area contributed by atoms with Crippen molar-refractivity contribution in [3.8, 4) is 0 Å². The summed E-state index contributed by atoms with van der Waals surface area (Å²) in [5.74, 6) is -0.343. The number of non-ortho nitro benzene ring substituents is 1. The first-order valence-electron chi connectivity index (χ1n) is 6.13. The average molecular weight is 274 g/mol. The number of fused-ring (bicyclic) bond motifs is 1. The van der Waals surface area contributed by atoms with Crippen molar-refractivity contribution in [2.45, 2.75) is 12.8 Å². The maximum atomic E-state index is 11.0. The predicted octanol–water partition coefficient (Wildman–Crippen LogP) is 1.82. The van der Waals surface area contributed by atoms with Gasteiger partial charge in [0.25, 0.3) is 5.69 Å². The van der Waals surface area contributed by atoms with Gasteiger partial charge in [0.15, 0.2) is 0 Å². The number of hydrogen-bond donors (Lipinski definition) is 2. The number of benzene rings is 1. The lowest BCUT2D eigenvalue weighted by Gasteiger charge is -2.09. The van der Waals surface area contributed by atoms with Crippen molar-refractivity contribution < 1.29 is 9.72 Å². The summed E-state index contributed by atoms with van der Waals surface area (Å²) in [7, 11) is 0. The van der Waals surface area contributed by atoms with E-state index >= 15 is 0 Å². The molecule has 0 spiro atoms. The van der Waals surface area contributed by atoms with E-state index < -0.39 is 4.92 Å². The third-order valence-corrected chi connectivity index (χ3v) is 2.91. The summed E-state index contributed by atoms with van der Waals surface area (Å²) in [4.78, 5) is 25.1. The molecule has 0 saturated carbocycles. The van der Waals surface area contributed by atoms with Crippen LogP contribution in [0.1, 0.15) is 12.8 Å². The Morgan fingerprint density at radius 1 is 1.35 bits per heavy atom. The quantitative estimate of drug-likeness (QED) is 0.474. The largest absolute Gasteiger partial charge is 0.385 e. The second-order valence-electron chi connectivity index (χ2n) is 4.31. The fraction of sp³-hybridized carbons (Fsp3) is 0.231. The molecule has 2 aromatic rings. The molecule has 7 nitrogen and oxygen atoms in total. The van der Waals surface area contributed by atoms with Crippen molar-refractivity contribution in [2.75, 3.05) is 11.9 Å². The zero-order chi connectivity index (χ0) is 14.5. The van der Waals surface area contributed by atoms with Gasteiger partial charge in [-0.05, 0) is 18.6 Å². The normalized spacial score (nSPS) is 10.4. The molecular formula is C13H14N4O3. The number of pyridine rings is 1. The third-order valence-electron chi connectivity index (χ3n) is 2.91. The van der Waals surface area contributed by atoms with Crippen LogP contribution in [-0.2, 0) is 4.79 Å². The maximum Gasteiger partial charge on any atom is 0.278 e. The summed E-state index contributed by atoms with van der Waals surface area (Å²) in [6.07, 6.45) is 3.97. The fourth-order valence-corrected chi connectivity index (χ4v) is 1.97. The van der Waals surface area contributed by atoms with Crippen molar-refractivity contribution in [1.82, 2.24) is 4.98 Å². The molecule has 0 unspecified atom stereocenters. The average Bonchev–Trinajstić information content (AvgIpc) is 2.43. The van der Waals surface area contributed by atoms with E-state index in [-0.39, 0.29) is 11.6 Å². The SMILES string of the molecule is NC(=O)CCCNc1ccc([N+](=O)[O-])c2cnccc12. The standard InChI is InChI=1S/C13H14N4O3/c14-13(18)2-1-6-16-11-3-4-12(17(19)20)10-8-15-7-5-9(10)11/h3-5,7-8,16H,1-2,6H2,(H2,14,18). The minimum atomic E-state index is -0.430. The van der Waals surface area contributed by atoms with Crippen LogP contribution in [0, 0.1) is 10.1 Å². The van der Waals surface area contributed by atoms with Crippen LogP contribution in [0.2, 0.25) is 0 Å².